The first-order chi connectivity index (χ1) is 21.5. The summed E-state index contributed by atoms with van der Waals surface area (Å²) in [5, 5.41) is 8.71. The Labute approximate surface area is 273 Å². The molecule has 13 heteroatoms. The Morgan fingerprint density at radius 2 is 1.43 bits per heavy atom. The minimum absolute atomic E-state index is 0.145. The number of nitrogens with zero attached hydrogens (tertiary/aromatic N) is 2. The van der Waals surface area contributed by atoms with Crippen molar-refractivity contribution in [3.63, 3.8) is 0 Å². The van der Waals surface area contributed by atoms with E-state index >= 15 is 0 Å². The van der Waals surface area contributed by atoms with Crippen molar-refractivity contribution >= 4 is 52.2 Å². The van der Waals surface area contributed by atoms with Crippen molar-refractivity contribution in [2.75, 3.05) is 17.7 Å². The van der Waals surface area contributed by atoms with E-state index in [4.69, 9.17) is 14.2 Å². The highest BCUT2D eigenvalue weighted by Gasteiger charge is 2.21. The Kier molecular flexibility index (Phi) is 12.0. The summed E-state index contributed by atoms with van der Waals surface area (Å²) in [6.07, 6.45) is 0.203. The quantitative estimate of drug-likeness (QED) is 0.107. The number of methoxy groups -OCH3 is 1. The number of hydrogen-bond donors (Lipinski definition) is 3. The lowest BCUT2D eigenvalue weighted by atomic mass is 10.0. The molecule has 0 spiro atoms. The summed E-state index contributed by atoms with van der Waals surface area (Å²) in [6, 6.07) is 14.6. The molecule has 46 heavy (non-hydrogen) atoms. The van der Waals surface area contributed by atoms with E-state index in [1.54, 1.807) is 65.8 Å². The van der Waals surface area contributed by atoms with Crippen LogP contribution in [0.4, 0.5) is 20.4 Å². The Bertz CT molecular complexity index is 1570. The third-order valence-electron chi connectivity index (χ3n) is 5.88. The summed E-state index contributed by atoms with van der Waals surface area (Å²) in [4.78, 5) is 57.8. The molecule has 3 rings (SSSR count). The van der Waals surface area contributed by atoms with Crippen LogP contribution >= 0.6 is 11.3 Å². The highest BCUT2D eigenvalue weighted by atomic mass is 32.1. The van der Waals surface area contributed by atoms with E-state index in [9.17, 15) is 19.2 Å². The van der Waals surface area contributed by atoms with E-state index in [-0.39, 0.29) is 11.9 Å². The first kappa shape index (κ1) is 35.7. The van der Waals surface area contributed by atoms with Crippen LogP contribution in [0.2, 0.25) is 0 Å². The van der Waals surface area contributed by atoms with Gasteiger partial charge in [-0.2, -0.15) is 0 Å². The maximum atomic E-state index is 12.4. The van der Waals surface area contributed by atoms with Crippen LogP contribution < -0.4 is 16.0 Å². The van der Waals surface area contributed by atoms with Crippen LogP contribution in [-0.4, -0.2) is 53.3 Å². The van der Waals surface area contributed by atoms with E-state index < -0.39 is 29.4 Å². The SMILES string of the molecule is COC(=O)c1ccc(Cc2sc(NC(C)=O)nc2CCc2ccc(N/C(=N/C(=O)OC(C)(C)C)NC(=O)OC(C)(C)C)cc2)cc1. The van der Waals surface area contributed by atoms with Gasteiger partial charge < -0.3 is 24.8 Å². The van der Waals surface area contributed by atoms with Gasteiger partial charge in [-0.25, -0.2) is 19.4 Å². The molecule has 0 unspecified atom stereocenters. The average molecular weight is 652 g/mol. The molecule has 0 aliphatic carbocycles. The molecule has 246 valence electrons. The van der Waals surface area contributed by atoms with E-state index in [1.807, 2.05) is 24.3 Å². The summed E-state index contributed by atoms with van der Waals surface area (Å²) in [7, 11) is 1.34. The third-order valence-corrected chi connectivity index (χ3v) is 6.90. The van der Waals surface area contributed by atoms with Crippen molar-refractivity contribution < 1.29 is 33.4 Å². The second-order valence-electron chi connectivity index (χ2n) is 12.3. The summed E-state index contributed by atoms with van der Waals surface area (Å²) < 4.78 is 15.3. The number of alkyl carbamates (subject to hydrolysis) is 1. The number of rotatable bonds is 8. The Hall–Kier alpha value is -4.78. The molecule has 0 fully saturated rings. The van der Waals surface area contributed by atoms with Crippen molar-refractivity contribution in [2.24, 2.45) is 4.99 Å². The van der Waals surface area contributed by atoms with Gasteiger partial charge in [0.15, 0.2) is 5.13 Å². The van der Waals surface area contributed by atoms with Crippen molar-refractivity contribution in [3.05, 3.63) is 75.8 Å². The molecule has 0 radical (unpaired) electrons. The van der Waals surface area contributed by atoms with Crippen LogP contribution in [0.1, 0.15) is 80.5 Å². The van der Waals surface area contributed by atoms with Crippen molar-refractivity contribution in [3.8, 4) is 0 Å². The Balaban J connectivity index is 1.73. The number of aliphatic imine (C=N–C) groups is 1. The van der Waals surface area contributed by atoms with Crippen molar-refractivity contribution in [1.82, 2.24) is 10.3 Å². The topological polar surface area (TPSA) is 157 Å². The normalized spacial score (nSPS) is 11.8. The number of nitrogens with one attached hydrogen (secondary N) is 3. The molecule has 12 nitrogen and oxygen atoms in total. The molecule has 2 aromatic carbocycles. The lowest BCUT2D eigenvalue weighted by Gasteiger charge is -2.21. The largest absolute Gasteiger partial charge is 0.465 e. The lowest BCUT2D eigenvalue weighted by Crippen LogP contribution is -2.40. The zero-order valence-corrected chi connectivity index (χ0v) is 28.2. The molecule has 0 atom stereocenters. The van der Waals surface area contributed by atoms with Gasteiger partial charge in [-0.05, 0) is 89.8 Å². The van der Waals surface area contributed by atoms with Gasteiger partial charge in [0.2, 0.25) is 11.9 Å². The van der Waals surface area contributed by atoms with Crippen LogP contribution in [0.5, 0.6) is 0 Å². The van der Waals surface area contributed by atoms with Gasteiger partial charge in [0, 0.05) is 23.9 Å². The van der Waals surface area contributed by atoms with E-state index in [0.717, 1.165) is 21.7 Å². The molecule has 3 aromatic rings. The van der Waals surface area contributed by atoms with Crippen LogP contribution in [-0.2, 0) is 38.3 Å². The second-order valence-corrected chi connectivity index (χ2v) is 13.4. The van der Waals surface area contributed by atoms with Gasteiger partial charge in [-0.1, -0.05) is 24.3 Å². The molecule has 0 aliphatic rings. The highest BCUT2D eigenvalue weighted by molar-refractivity contribution is 7.15. The lowest BCUT2D eigenvalue weighted by molar-refractivity contribution is -0.114. The standard InChI is InChI=1S/C33H41N5O7S/c1-20(39)34-29-36-25(26(46-29)19-22-9-14-23(15-10-22)27(40)43-8)18-13-21-11-16-24(17-12-21)35-28(37-30(41)44-32(2,3)4)38-31(42)45-33(5,6)7/h9-12,14-17H,13,18-19H2,1-8H3,(H,34,36,39)(H2,35,37,38,41,42). The zero-order valence-electron chi connectivity index (χ0n) is 27.4. The number of anilines is 2. The number of aryl methyl sites for hydroxylation is 2. The first-order valence-electron chi connectivity index (χ1n) is 14.6. The van der Waals surface area contributed by atoms with Crippen molar-refractivity contribution in [2.45, 2.75) is 78.9 Å². The van der Waals surface area contributed by atoms with E-state index in [1.165, 1.54) is 25.4 Å². The van der Waals surface area contributed by atoms with Crippen LogP contribution in [0, 0.1) is 0 Å². The fraction of sp³-hybridized carbons (Fsp3) is 0.394. The van der Waals surface area contributed by atoms with Gasteiger partial charge in [0.05, 0.1) is 18.4 Å². The number of carbonyl (C=O) groups is 4. The number of carbonyl (C=O) groups excluding carboxylic acids is 4. The first-order valence-corrected chi connectivity index (χ1v) is 15.4. The van der Waals surface area contributed by atoms with Gasteiger partial charge >= 0.3 is 18.2 Å². The predicted molar refractivity (Wildman–Crippen MR) is 178 cm³/mol. The van der Waals surface area contributed by atoms with Gasteiger partial charge in [-0.15, -0.1) is 16.3 Å². The number of hydrogen-bond acceptors (Lipinski definition) is 9. The number of aromatic nitrogens is 1. The van der Waals surface area contributed by atoms with Crippen LogP contribution in [0.15, 0.2) is 53.5 Å². The molecule has 0 bridgehead atoms. The third kappa shape index (κ3) is 12.3. The summed E-state index contributed by atoms with van der Waals surface area (Å²) in [5.74, 6) is -0.744. The molecule has 1 aromatic heterocycles. The number of ether oxygens (including phenoxy) is 3. The van der Waals surface area contributed by atoms with Gasteiger partial charge in [0.25, 0.3) is 0 Å². The minimum atomic E-state index is -0.875. The minimum Gasteiger partial charge on any atom is -0.465 e. The maximum absolute atomic E-state index is 12.4. The Morgan fingerprint density at radius 1 is 0.826 bits per heavy atom. The van der Waals surface area contributed by atoms with Crippen molar-refractivity contribution in [1.29, 1.82) is 0 Å². The average Bonchev–Trinajstić information content (AvgIpc) is 3.30. The summed E-state index contributed by atoms with van der Waals surface area (Å²) >= 11 is 1.42. The van der Waals surface area contributed by atoms with Gasteiger partial charge in [0.1, 0.15) is 11.2 Å². The molecule has 3 N–H and O–H groups in total. The van der Waals surface area contributed by atoms with E-state index in [2.05, 4.69) is 25.9 Å². The molecular formula is C33H41N5O7S. The maximum Gasteiger partial charge on any atom is 0.437 e. The molecular weight excluding hydrogens is 610 g/mol. The molecule has 1 heterocycles. The smallest absolute Gasteiger partial charge is 0.437 e. The predicted octanol–water partition coefficient (Wildman–Crippen LogP) is 6.49. The fourth-order valence-corrected chi connectivity index (χ4v) is 5.09. The fourth-order valence-electron chi connectivity index (χ4n) is 4.00. The molecule has 0 saturated heterocycles. The number of esters is 1. The summed E-state index contributed by atoms with van der Waals surface area (Å²) in [6.45, 7) is 11.8. The second kappa shape index (κ2) is 15.5. The number of benzene rings is 2. The van der Waals surface area contributed by atoms with Crippen LogP contribution in [0.25, 0.3) is 0 Å². The van der Waals surface area contributed by atoms with Crippen LogP contribution in [0.3, 0.4) is 0 Å². The molecule has 3 amide bonds. The number of amides is 3. The van der Waals surface area contributed by atoms with E-state index in [0.29, 0.717) is 35.6 Å². The van der Waals surface area contributed by atoms with Gasteiger partial charge in [-0.3, -0.25) is 10.1 Å². The highest BCUT2D eigenvalue weighted by Crippen LogP contribution is 2.27. The summed E-state index contributed by atoms with van der Waals surface area (Å²) in [5.41, 5.74) is 2.38. The number of guanidine groups is 1. The molecule has 0 aliphatic heterocycles. The zero-order chi connectivity index (χ0) is 34.1. The Morgan fingerprint density at radius 3 is 2.00 bits per heavy atom. The number of thiazole rings is 1. The monoisotopic (exact) mass is 651 g/mol. The molecule has 0 saturated carbocycles.